The van der Waals surface area contributed by atoms with Crippen molar-refractivity contribution in [3.63, 3.8) is 0 Å². The van der Waals surface area contributed by atoms with Crippen LogP contribution in [0.3, 0.4) is 0 Å². The maximum Gasteiger partial charge on any atom is 0.191 e. The van der Waals surface area contributed by atoms with Gasteiger partial charge in [-0.2, -0.15) is 0 Å². The minimum absolute atomic E-state index is 0.115. The van der Waals surface area contributed by atoms with E-state index in [9.17, 15) is 8.42 Å². The molecule has 0 spiro atoms. The first-order chi connectivity index (χ1) is 12.0. The van der Waals surface area contributed by atoms with Crippen LogP contribution in [0.4, 0.5) is 0 Å². The van der Waals surface area contributed by atoms with Gasteiger partial charge in [0.1, 0.15) is 5.82 Å². The molecule has 0 radical (unpaired) electrons. The van der Waals surface area contributed by atoms with Gasteiger partial charge in [0.25, 0.3) is 0 Å². The Morgan fingerprint density at radius 3 is 2.68 bits per heavy atom. The molecule has 0 atom stereocenters. The van der Waals surface area contributed by atoms with E-state index in [0.717, 1.165) is 36.4 Å². The number of guanidine groups is 1. The van der Waals surface area contributed by atoms with Crippen LogP contribution in [-0.2, 0) is 16.4 Å². The van der Waals surface area contributed by atoms with Gasteiger partial charge in [-0.3, -0.25) is 4.99 Å². The van der Waals surface area contributed by atoms with Gasteiger partial charge < -0.3 is 15.2 Å². The summed E-state index contributed by atoms with van der Waals surface area (Å²) in [5.41, 5.74) is 2.16. The van der Waals surface area contributed by atoms with E-state index >= 15 is 0 Å². The van der Waals surface area contributed by atoms with E-state index in [-0.39, 0.29) is 11.5 Å². The molecule has 0 amide bonds. The molecule has 0 bridgehead atoms. The molecular formula is C17H27N5O2S. The lowest BCUT2D eigenvalue weighted by Gasteiger charge is -2.12. The molecule has 2 N–H and O–H groups in total. The second-order valence-electron chi connectivity index (χ2n) is 5.82. The van der Waals surface area contributed by atoms with Crippen LogP contribution in [0.1, 0.15) is 19.2 Å². The summed E-state index contributed by atoms with van der Waals surface area (Å²) in [7, 11) is -1.28. The molecule has 7 nitrogen and oxygen atoms in total. The number of nitrogens with one attached hydrogen (secondary N) is 2. The lowest BCUT2D eigenvalue weighted by Crippen LogP contribution is -2.40. The second-order valence-corrected chi connectivity index (χ2v) is 8.29. The second kappa shape index (κ2) is 8.84. The van der Waals surface area contributed by atoms with Crippen LogP contribution in [0.25, 0.3) is 11.0 Å². The first-order valence-electron chi connectivity index (χ1n) is 8.53. The predicted octanol–water partition coefficient (Wildman–Crippen LogP) is 1.33. The summed E-state index contributed by atoms with van der Waals surface area (Å²) >= 11 is 0. The Morgan fingerprint density at radius 2 is 1.96 bits per heavy atom. The molecule has 0 aliphatic heterocycles. The van der Waals surface area contributed by atoms with Crippen molar-refractivity contribution in [2.45, 2.75) is 26.8 Å². The maximum absolute atomic E-state index is 11.5. The van der Waals surface area contributed by atoms with Crippen molar-refractivity contribution in [1.29, 1.82) is 0 Å². The molecule has 1 aromatic carbocycles. The molecular weight excluding hydrogens is 338 g/mol. The van der Waals surface area contributed by atoms with E-state index in [2.05, 4.69) is 31.2 Å². The zero-order chi connectivity index (χ0) is 18.3. The molecule has 2 rings (SSSR count). The first-order valence-corrected chi connectivity index (χ1v) is 10.4. The third-order valence-electron chi connectivity index (χ3n) is 4.07. The number of para-hydroxylation sites is 2. The van der Waals surface area contributed by atoms with E-state index in [1.54, 1.807) is 14.0 Å². The Labute approximate surface area is 149 Å². The normalized spacial score (nSPS) is 12.5. The van der Waals surface area contributed by atoms with Gasteiger partial charge in [-0.25, -0.2) is 13.4 Å². The Hall–Kier alpha value is -2.09. The molecule has 0 unspecified atom stereocenters. The third kappa shape index (κ3) is 5.45. The van der Waals surface area contributed by atoms with Gasteiger partial charge in [-0.05, 0) is 25.5 Å². The quantitative estimate of drug-likeness (QED) is 0.419. The van der Waals surface area contributed by atoms with E-state index < -0.39 is 9.84 Å². The molecule has 0 fully saturated rings. The molecule has 2 aromatic rings. The molecule has 25 heavy (non-hydrogen) atoms. The minimum Gasteiger partial charge on any atom is -0.356 e. The number of rotatable bonds is 8. The zero-order valence-electron chi connectivity index (χ0n) is 15.1. The fourth-order valence-corrected chi connectivity index (χ4v) is 3.31. The Balaban J connectivity index is 1.78. The summed E-state index contributed by atoms with van der Waals surface area (Å²) in [4.78, 5) is 8.68. The topological polar surface area (TPSA) is 88.4 Å². The SMILES string of the molecule is CCS(=O)(=O)CCNC(=NC)NCCCn1c(C)nc2ccccc21. The van der Waals surface area contributed by atoms with E-state index in [1.807, 2.05) is 25.1 Å². The molecule has 0 aliphatic carbocycles. The number of fused-ring (bicyclic) bond motifs is 1. The number of hydrogen-bond acceptors (Lipinski definition) is 4. The smallest absolute Gasteiger partial charge is 0.191 e. The van der Waals surface area contributed by atoms with Crippen molar-refractivity contribution >= 4 is 26.8 Å². The highest BCUT2D eigenvalue weighted by Crippen LogP contribution is 2.15. The van der Waals surface area contributed by atoms with Gasteiger partial charge >= 0.3 is 0 Å². The van der Waals surface area contributed by atoms with Crippen LogP contribution in [0.5, 0.6) is 0 Å². The van der Waals surface area contributed by atoms with Crippen LogP contribution < -0.4 is 10.6 Å². The fraction of sp³-hybridized carbons (Fsp3) is 0.529. The number of aliphatic imine (C=N–C) groups is 1. The molecule has 1 aromatic heterocycles. The largest absolute Gasteiger partial charge is 0.356 e. The third-order valence-corrected chi connectivity index (χ3v) is 5.77. The van der Waals surface area contributed by atoms with Crippen molar-refractivity contribution in [2.24, 2.45) is 4.99 Å². The van der Waals surface area contributed by atoms with Crippen LogP contribution in [0, 0.1) is 6.92 Å². The summed E-state index contributed by atoms with van der Waals surface area (Å²) in [5, 5.41) is 6.25. The maximum atomic E-state index is 11.5. The van der Waals surface area contributed by atoms with Crippen molar-refractivity contribution < 1.29 is 8.42 Å². The Bertz CT molecular complexity index is 827. The number of nitrogens with zero attached hydrogens (tertiary/aromatic N) is 3. The molecule has 138 valence electrons. The van der Waals surface area contributed by atoms with Gasteiger partial charge in [-0.1, -0.05) is 19.1 Å². The Kier molecular flexibility index (Phi) is 6.81. The highest BCUT2D eigenvalue weighted by Gasteiger charge is 2.08. The van der Waals surface area contributed by atoms with Crippen LogP contribution in [-0.4, -0.2) is 55.6 Å². The van der Waals surface area contributed by atoms with Gasteiger partial charge in [-0.15, -0.1) is 0 Å². The predicted molar refractivity (Wildman–Crippen MR) is 103 cm³/mol. The van der Waals surface area contributed by atoms with E-state index in [4.69, 9.17) is 0 Å². The number of benzene rings is 1. The van der Waals surface area contributed by atoms with Crippen molar-refractivity contribution in [2.75, 3.05) is 31.6 Å². The van der Waals surface area contributed by atoms with Gasteiger partial charge in [0.05, 0.1) is 16.8 Å². The van der Waals surface area contributed by atoms with Crippen LogP contribution in [0.15, 0.2) is 29.3 Å². The minimum atomic E-state index is -2.96. The summed E-state index contributed by atoms with van der Waals surface area (Å²) in [6.45, 7) is 5.64. The summed E-state index contributed by atoms with van der Waals surface area (Å²) in [6.07, 6.45) is 0.912. The van der Waals surface area contributed by atoms with E-state index in [1.165, 1.54) is 0 Å². The summed E-state index contributed by atoms with van der Waals surface area (Å²) in [6, 6.07) is 8.12. The first kappa shape index (κ1) is 19.2. The van der Waals surface area contributed by atoms with Crippen molar-refractivity contribution in [3.05, 3.63) is 30.1 Å². The molecule has 1 heterocycles. The average Bonchev–Trinajstić information content (AvgIpc) is 2.92. The molecule has 0 saturated heterocycles. The molecule has 8 heteroatoms. The summed E-state index contributed by atoms with van der Waals surface area (Å²) < 4.78 is 25.2. The number of hydrogen-bond donors (Lipinski definition) is 2. The number of aromatic nitrogens is 2. The van der Waals surface area contributed by atoms with Gasteiger partial charge in [0.15, 0.2) is 15.8 Å². The number of sulfone groups is 1. The average molecular weight is 366 g/mol. The van der Waals surface area contributed by atoms with Gasteiger partial charge in [0, 0.05) is 32.4 Å². The highest BCUT2D eigenvalue weighted by molar-refractivity contribution is 7.91. The standard InChI is InChI=1S/C17H27N5O2S/c1-4-25(23,24)13-11-20-17(18-3)19-10-7-12-22-14(2)21-15-8-5-6-9-16(15)22/h5-6,8-9H,4,7,10-13H2,1-3H3,(H2,18,19,20). The highest BCUT2D eigenvalue weighted by atomic mass is 32.2. The zero-order valence-corrected chi connectivity index (χ0v) is 15.9. The number of imidazole rings is 1. The van der Waals surface area contributed by atoms with Crippen molar-refractivity contribution in [3.8, 4) is 0 Å². The monoisotopic (exact) mass is 365 g/mol. The van der Waals surface area contributed by atoms with E-state index in [0.29, 0.717) is 12.5 Å². The Morgan fingerprint density at radius 1 is 1.24 bits per heavy atom. The lowest BCUT2D eigenvalue weighted by molar-refractivity contribution is 0.595. The number of aryl methyl sites for hydroxylation is 2. The molecule has 0 aliphatic rings. The molecule has 0 saturated carbocycles. The van der Waals surface area contributed by atoms with Gasteiger partial charge in [0.2, 0.25) is 0 Å². The van der Waals surface area contributed by atoms with Crippen LogP contribution >= 0.6 is 0 Å². The van der Waals surface area contributed by atoms with Crippen LogP contribution in [0.2, 0.25) is 0 Å². The summed E-state index contributed by atoms with van der Waals surface area (Å²) in [5.74, 6) is 1.91. The van der Waals surface area contributed by atoms with Crippen molar-refractivity contribution in [1.82, 2.24) is 20.2 Å². The lowest BCUT2D eigenvalue weighted by atomic mass is 10.3. The fourth-order valence-electron chi connectivity index (χ4n) is 2.61.